The molecule has 0 saturated heterocycles. The van der Waals surface area contributed by atoms with Crippen molar-refractivity contribution in [1.29, 1.82) is 0 Å². The molecule has 1 N–H and O–H groups in total. The SMILES string of the molecule is C[C@H](NC1CCCCC1C1CCCCC1)c1ccco1. The first-order valence-corrected chi connectivity index (χ1v) is 8.64. The molecule has 1 aromatic heterocycles. The first-order valence-electron chi connectivity index (χ1n) is 8.64. The van der Waals surface area contributed by atoms with Crippen LogP contribution >= 0.6 is 0 Å². The van der Waals surface area contributed by atoms with Crippen LogP contribution in [0.15, 0.2) is 22.8 Å². The average Bonchev–Trinajstić information content (AvgIpc) is 3.03. The fourth-order valence-electron chi connectivity index (χ4n) is 4.43. The Morgan fingerprint density at radius 2 is 1.80 bits per heavy atom. The van der Waals surface area contributed by atoms with E-state index in [1.165, 1.54) is 57.8 Å². The van der Waals surface area contributed by atoms with Crippen LogP contribution < -0.4 is 5.32 Å². The van der Waals surface area contributed by atoms with Crippen molar-refractivity contribution in [2.45, 2.75) is 76.8 Å². The van der Waals surface area contributed by atoms with Gasteiger partial charge in [0.1, 0.15) is 5.76 Å². The molecule has 0 bridgehead atoms. The van der Waals surface area contributed by atoms with Crippen LogP contribution in [-0.2, 0) is 0 Å². The van der Waals surface area contributed by atoms with Crippen LogP contribution in [-0.4, -0.2) is 6.04 Å². The number of hydrogen-bond donors (Lipinski definition) is 1. The summed E-state index contributed by atoms with van der Waals surface area (Å²) in [5.74, 6) is 2.96. The van der Waals surface area contributed by atoms with Crippen LogP contribution in [0.4, 0.5) is 0 Å². The third-order valence-electron chi connectivity index (χ3n) is 5.51. The van der Waals surface area contributed by atoms with Crippen molar-refractivity contribution in [1.82, 2.24) is 5.32 Å². The first-order chi connectivity index (χ1) is 9.84. The van der Waals surface area contributed by atoms with E-state index >= 15 is 0 Å². The van der Waals surface area contributed by atoms with E-state index in [-0.39, 0.29) is 0 Å². The van der Waals surface area contributed by atoms with Gasteiger partial charge in [0.05, 0.1) is 12.3 Å². The summed E-state index contributed by atoms with van der Waals surface area (Å²) in [6, 6.07) is 5.13. The Morgan fingerprint density at radius 1 is 1.05 bits per heavy atom. The second-order valence-electron chi connectivity index (χ2n) is 6.86. The molecule has 3 rings (SSSR count). The summed E-state index contributed by atoms with van der Waals surface area (Å²) >= 11 is 0. The van der Waals surface area contributed by atoms with Gasteiger partial charge in [0.15, 0.2) is 0 Å². The maximum absolute atomic E-state index is 5.56. The lowest BCUT2D eigenvalue weighted by Crippen LogP contribution is -2.43. The quantitative estimate of drug-likeness (QED) is 0.830. The van der Waals surface area contributed by atoms with Gasteiger partial charge in [-0.05, 0) is 43.7 Å². The Kier molecular flexibility index (Phi) is 4.82. The van der Waals surface area contributed by atoms with Crippen molar-refractivity contribution < 1.29 is 4.42 Å². The van der Waals surface area contributed by atoms with Gasteiger partial charge >= 0.3 is 0 Å². The third-order valence-corrected chi connectivity index (χ3v) is 5.51. The molecule has 3 atom stereocenters. The Morgan fingerprint density at radius 3 is 2.55 bits per heavy atom. The Labute approximate surface area is 123 Å². The summed E-state index contributed by atoms with van der Waals surface area (Å²) < 4.78 is 5.56. The van der Waals surface area contributed by atoms with Gasteiger partial charge in [-0.2, -0.15) is 0 Å². The number of rotatable bonds is 4. The summed E-state index contributed by atoms with van der Waals surface area (Å²) in [5.41, 5.74) is 0. The lowest BCUT2D eigenvalue weighted by Gasteiger charge is -2.40. The predicted molar refractivity (Wildman–Crippen MR) is 82.6 cm³/mol. The van der Waals surface area contributed by atoms with Crippen LogP contribution in [0.2, 0.25) is 0 Å². The van der Waals surface area contributed by atoms with Gasteiger partial charge in [-0.1, -0.05) is 44.9 Å². The highest BCUT2D eigenvalue weighted by atomic mass is 16.3. The second-order valence-corrected chi connectivity index (χ2v) is 6.86. The summed E-state index contributed by atoms with van der Waals surface area (Å²) in [7, 11) is 0. The molecular formula is C18H29NO. The van der Waals surface area contributed by atoms with Gasteiger partial charge in [0, 0.05) is 6.04 Å². The molecule has 0 spiro atoms. The van der Waals surface area contributed by atoms with Crippen LogP contribution in [0.1, 0.15) is 76.5 Å². The fourth-order valence-corrected chi connectivity index (χ4v) is 4.43. The average molecular weight is 275 g/mol. The molecule has 2 fully saturated rings. The van der Waals surface area contributed by atoms with Crippen molar-refractivity contribution in [3.05, 3.63) is 24.2 Å². The molecule has 0 radical (unpaired) electrons. The van der Waals surface area contributed by atoms with E-state index in [2.05, 4.69) is 18.3 Å². The zero-order valence-electron chi connectivity index (χ0n) is 12.8. The molecule has 2 heteroatoms. The molecule has 2 saturated carbocycles. The van der Waals surface area contributed by atoms with Crippen molar-refractivity contribution in [2.24, 2.45) is 11.8 Å². The largest absolute Gasteiger partial charge is 0.468 e. The smallest absolute Gasteiger partial charge is 0.120 e. The zero-order chi connectivity index (χ0) is 13.8. The van der Waals surface area contributed by atoms with Crippen molar-refractivity contribution in [3.63, 3.8) is 0 Å². The Bertz CT molecular complexity index is 380. The van der Waals surface area contributed by atoms with Crippen molar-refractivity contribution in [3.8, 4) is 0 Å². The number of furan rings is 1. The molecule has 0 aromatic carbocycles. The maximum atomic E-state index is 5.56. The molecular weight excluding hydrogens is 246 g/mol. The fraction of sp³-hybridized carbons (Fsp3) is 0.778. The van der Waals surface area contributed by atoms with E-state index in [0.717, 1.165) is 17.6 Å². The summed E-state index contributed by atoms with van der Waals surface area (Å²) in [5, 5.41) is 3.87. The molecule has 20 heavy (non-hydrogen) atoms. The highest BCUT2D eigenvalue weighted by Gasteiger charge is 2.33. The highest BCUT2D eigenvalue weighted by Crippen LogP contribution is 2.39. The molecule has 2 unspecified atom stereocenters. The number of nitrogens with one attached hydrogen (secondary N) is 1. The molecule has 1 aromatic rings. The monoisotopic (exact) mass is 275 g/mol. The van der Waals surface area contributed by atoms with E-state index < -0.39 is 0 Å². The van der Waals surface area contributed by atoms with Gasteiger partial charge in [-0.15, -0.1) is 0 Å². The second kappa shape index (κ2) is 6.80. The van der Waals surface area contributed by atoms with Gasteiger partial charge < -0.3 is 9.73 Å². The van der Waals surface area contributed by atoms with Gasteiger partial charge in [0.25, 0.3) is 0 Å². The van der Waals surface area contributed by atoms with Gasteiger partial charge in [-0.3, -0.25) is 0 Å². The van der Waals surface area contributed by atoms with Crippen LogP contribution in [0.3, 0.4) is 0 Å². The molecule has 2 nitrogen and oxygen atoms in total. The van der Waals surface area contributed by atoms with Crippen molar-refractivity contribution in [2.75, 3.05) is 0 Å². The van der Waals surface area contributed by atoms with E-state index in [1.54, 1.807) is 6.26 Å². The van der Waals surface area contributed by atoms with E-state index in [0.29, 0.717) is 12.1 Å². The minimum Gasteiger partial charge on any atom is -0.468 e. The molecule has 112 valence electrons. The standard InChI is InChI=1S/C18H29NO/c1-14(18-12-7-13-20-18)19-17-11-6-5-10-16(17)15-8-3-2-4-9-15/h7,12-17,19H,2-6,8-11H2,1H3/t14-,16?,17?/m0/s1. The van der Waals surface area contributed by atoms with Crippen LogP contribution in [0.5, 0.6) is 0 Å². The molecule has 0 amide bonds. The van der Waals surface area contributed by atoms with Crippen LogP contribution in [0, 0.1) is 11.8 Å². The lowest BCUT2D eigenvalue weighted by atomic mass is 9.71. The summed E-state index contributed by atoms with van der Waals surface area (Å²) in [6.45, 7) is 2.24. The van der Waals surface area contributed by atoms with E-state index in [1.807, 2.05) is 6.07 Å². The van der Waals surface area contributed by atoms with Gasteiger partial charge in [0.2, 0.25) is 0 Å². The minimum absolute atomic E-state index is 0.346. The Balaban J connectivity index is 1.62. The molecule has 0 aliphatic heterocycles. The topological polar surface area (TPSA) is 25.2 Å². The van der Waals surface area contributed by atoms with Crippen LogP contribution in [0.25, 0.3) is 0 Å². The lowest BCUT2D eigenvalue weighted by molar-refractivity contribution is 0.140. The van der Waals surface area contributed by atoms with Crippen molar-refractivity contribution >= 4 is 0 Å². The minimum atomic E-state index is 0.346. The molecule has 1 heterocycles. The summed E-state index contributed by atoms with van der Waals surface area (Å²) in [6.07, 6.45) is 14.7. The third kappa shape index (κ3) is 3.28. The highest BCUT2D eigenvalue weighted by molar-refractivity contribution is 5.04. The predicted octanol–water partition coefficient (Wildman–Crippen LogP) is 5.07. The Hall–Kier alpha value is -0.760. The van der Waals surface area contributed by atoms with Gasteiger partial charge in [-0.25, -0.2) is 0 Å². The molecule has 2 aliphatic carbocycles. The number of hydrogen-bond acceptors (Lipinski definition) is 2. The van der Waals surface area contributed by atoms with E-state index in [4.69, 9.17) is 4.42 Å². The normalized spacial score (nSPS) is 30.2. The first kappa shape index (κ1) is 14.2. The molecule has 2 aliphatic rings. The van der Waals surface area contributed by atoms with E-state index in [9.17, 15) is 0 Å². The maximum Gasteiger partial charge on any atom is 0.120 e. The summed E-state index contributed by atoms with van der Waals surface area (Å²) in [4.78, 5) is 0. The zero-order valence-corrected chi connectivity index (χ0v) is 12.8.